The number of terminal acetylenes is 1. The van der Waals surface area contributed by atoms with Crippen molar-refractivity contribution in [3.05, 3.63) is 35.4 Å². The van der Waals surface area contributed by atoms with E-state index in [0.717, 1.165) is 38.5 Å². The van der Waals surface area contributed by atoms with Crippen molar-refractivity contribution in [3.63, 3.8) is 0 Å². The summed E-state index contributed by atoms with van der Waals surface area (Å²) in [6, 6.07) is 4.72. The van der Waals surface area contributed by atoms with E-state index in [1.165, 1.54) is 4.90 Å². The van der Waals surface area contributed by atoms with E-state index in [1.54, 1.807) is 45.0 Å². The van der Waals surface area contributed by atoms with Gasteiger partial charge in [0.25, 0.3) is 0 Å². The van der Waals surface area contributed by atoms with Crippen LogP contribution in [-0.4, -0.2) is 58.2 Å². The number of alkyl carbamates (subject to hydrolysis) is 1. The number of aliphatic hydroxyl groups excluding tert-OH is 1. The Kier molecular flexibility index (Phi) is 9.02. The van der Waals surface area contributed by atoms with Crippen LogP contribution in [0.2, 0.25) is 0 Å². The van der Waals surface area contributed by atoms with E-state index in [4.69, 9.17) is 11.2 Å². The van der Waals surface area contributed by atoms with Crippen molar-refractivity contribution < 1.29 is 24.2 Å². The van der Waals surface area contributed by atoms with Crippen LogP contribution in [0.4, 0.5) is 4.79 Å². The highest BCUT2D eigenvalue weighted by Gasteiger charge is 2.48. The maximum absolute atomic E-state index is 13.8. The Morgan fingerprint density at radius 3 is 2.28 bits per heavy atom. The third-order valence-electron chi connectivity index (χ3n) is 6.72. The van der Waals surface area contributed by atoms with Crippen molar-refractivity contribution in [2.75, 3.05) is 6.61 Å². The van der Waals surface area contributed by atoms with Crippen molar-refractivity contribution in [2.45, 2.75) is 96.0 Å². The Balaban J connectivity index is 1.93. The number of hydrogen-bond acceptors (Lipinski definition) is 5. The van der Waals surface area contributed by atoms with Gasteiger partial charge < -0.3 is 25.4 Å². The monoisotopic (exact) mass is 497 g/mol. The lowest BCUT2D eigenvalue weighted by Crippen LogP contribution is -2.56. The minimum absolute atomic E-state index is 0.0563. The van der Waals surface area contributed by atoms with Crippen molar-refractivity contribution in [3.8, 4) is 12.3 Å². The van der Waals surface area contributed by atoms with Gasteiger partial charge in [0, 0.05) is 17.6 Å². The van der Waals surface area contributed by atoms with Gasteiger partial charge in [0.2, 0.25) is 11.8 Å². The molecule has 0 bridgehead atoms. The topological polar surface area (TPSA) is 108 Å². The fourth-order valence-corrected chi connectivity index (χ4v) is 4.71. The predicted octanol–water partition coefficient (Wildman–Crippen LogP) is 3.28. The fraction of sp³-hybridized carbons (Fsp3) is 0.607. The zero-order chi connectivity index (χ0) is 26.5. The molecule has 0 aliphatic heterocycles. The first-order chi connectivity index (χ1) is 17.0. The standard InChI is InChI=1S/C28H39N3O5/c1-6-19-12-14-20(15-13-19)24(25(33)29-21-10-8-7-9-11-21)31(23-16-18(23)2)26(34)22(17-32)30-27(35)36-28(3,4)5/h1,12-15,18,21-24,32H,7-11,16-17H2,2-5H3,(H,29,33)(H,30,35). The molecule has 196 valence electrons. The molecular weight excluding hydrogens is 458 g/mol. The zero-order valence-corrected chi connectivity index (χ0v) is 21.8. The van der Waals surface area contributed by atoms with Crippen molar-refractivity contribution in [2.24, 2.45) is 5.92 Å². The number of aliphatic hydroxyl groups is 1. The van der Waals surface area contributed by atoms with Crippen LogP contribution in [0.15, 0.2) is 24.3 Å². The Morgan fingerprint density at radius 2 is 1.78 bits per heavy atom. The summed E-state index contributed by atoms with van der Waals surface area (Å²) in [5.74, 6) is 1.97. The van der Waals surface area contributed by atoms with Gasteiger partial charge in [-0.1, -0.05) is 44.2 Å². The number of rotatable bonds is 8. The maximum atomic E-state index is 13.8. The molecule has 3 rings (SSSR count). The first kappa shape index (κ1) is 27.5. The molecule has 0 spiro atoms. The summed E-state index contributed by atoms with van der Waals surface area (Å²) >= 11 is 0. The molecule has 2 saturated carbocycles. The van der Waals surface area contributed by atoms with Crippen LogP contribution in [-0.2, 0) is 14.3 Å². The van der Waals surface area contributed by atoms with Gasteiger partial charge in [-0.25, -0.2) is 4.79 Å². The molecule has 4 unspecified atom stereocenters. The molecule has 1 aromatic carbocycles. The van der Waals surface area contributed by atoms with Crippen LogP contribution in [0.3, 0.4) is 0 Å². The molecule has 0 heterocycles. The number of benzene rings is 1. The molecule has 2 aliphatic rings. The largest absolute Gasteiger partial charge is 0.444 e. The molecular formula is C28H39N3O5. The van der Waals surface area contributed by atoms with E-state index in [0.29, 0.717) is 11.1 Å². The number of carbonyl (C=O) groups is 3. The minimum atomic E-state index is -1.25. The summed E-state index contributed by atoms with van der Waals surface area (Å²) in [6.07, 6.45) is 10.5. The van der Waals surface area contributed by atoms with Crippen molar-refractivity contribution in [1.82, 2.24) is 15.5 Å². The molecule has 36 heavy (non-hydrogen) atoms. The number of amides is 3. The maximum Gasteiger partial charge on any atom is 0.408 e. The normalized spacial score (nSPS) is 21.4. The van der Waals surface area contributed by atoms with E-state index in [1.807, 2.05) is 6.92 Å². The van der Waals surface area contributed by atoms with Gasteiger partial charge in [0.05, 0.1) is 6.61 Å². The minimum Gasteiger partial charge on any atom is -0.444 e. The summed E-state index contributed by atoms with van der Waals surface area (Å²) in [4.78, 5) is 41.5. The highest BCUT2D eigenvalue weighted by molar-refractivity contribution is 5.92. The number of nitrogens with one attached hydrogen (secondary N) is 2. The van der Waals surface area contributed by atoms with Gasteiger partial charge in [0.15, 0.2) is 0 Å². The van der Waals surface area contributed by atoms with E-state index >= 15 is 0 Å². The average Bonchev–Trinajstić information content (AvgIpc) is 3.55. The molecule has 0 aromatic heterocycles. The second-order valence-corrected chi connectivity index (χ2v) is 10.9. The molecule has 8 nitrogen and oxygen atoms in total. The molecule has 2 aliphatic carbocycles. The van der Waals surface area contributed by atoms with E-state index in [-0.39, 0.29) is 23.9 Å². The van der Waals surface area contributed by atoms with E-state index in [9.17, 15) is 19.5 Å². The third kappa shape index (κ3) is 7.23. The summed E-state index contributed by atoms with van der Waals surface area (Å²) in [5, 5.41) is 15.7. The Bertz CT molecular complexity index is 972. The lowest BCUT2D eigenvalue weighted by atomic mass is 9.94. The first-order valence-electron chi connectivity index (χ1n) is 12.8. The van der Waals surface area contributed by atoms with Gasteiger partial charge in [0.1, 0.15) is 17.7 Å². The van der Waals surface area contributed by atoms with Crippen LogP contribution in [0.5, 0.6) is 0 Å². The molecule has 3 amide bonds. The number of carbonyl (C=O) groups excluding carboxylic acids is 3. The number of hydrogen-bond donors (Lipinski definition) is 3. The van der Waals surface area contributed by atoms with Gasteiger partial charge in [-0.15, -0.1) is 6.42 Å². The summed E-state index contributed by atoms with van der Waals surface area (Å²) in [7, 11) is 0. The van der Waals surface area contributed by atoms with Crippen LogP contribution in [0.1, 0.15) is 83.4 Å². The van der Waals surface area contributed by atoms with Crippen LogP contribution < -0.4 is 10.6 Å². The fourth-order valence-electron chi connectivity index (χ4n) is 4.71. The highest BCUT2D eigenvalue weighted by atomic mass is 16.6. The van der Waals surface area contributed by atoms with Gasteiger partial charge in [-0.2, -0.15) is 0 Å². The van der Waals surface area contributed by atoms with Crippen LogP contribution in [0, 0.1) is 18.3 Å². The first-order valence-corrected chi connectivity index (χ1v) is 12.8. The Hall–Kier alpha value is -3.05. The summed E-state index contributed by atoms with van der Waals surface area (Å²) in [6.45, 7) is 6.53. The predicted molar refractivity (Wildman–Crippen MR) is 137 cm³/mol. The van der Waals surface area contributed by atoms with Gasteiger partial charge in [-0.05, 0) is 63.6 Å². The lowest BCUT2D eigenvalue weighted by molar-refractivity contribution is -0.144. The second-order valence-electron chi connectivity index (χ2n) is 10.9. The van der Waals surface area contributed by atoms with Crippen molar-refractivity contribution in [1.29, 1.82) is 0 Å². The lowest BCUT2D eigenvalue weighted by Gasteiger charge is -2.36. The zero-order valence-electron chi connectivity index (χ0n) is 21.8. The highest BCUT2D eigenvalue weighted by Crippen LogP contribution is 2.41. The molecule has 1 aromatic rings. The molecule has 0 radical (unpaired) electrons. The molecule has 0 saturated heterocycles. The smallest absolute Gasteiger partial charge is 0.408 e. The Labute approximate surface area is 214 Å². The van der Waals surface area contributed by atoms with Crippen LogP contribution in [0.25, 0.3) is 0 Å². The average molecular weight is 498 g/mol. The molecule has 3 N–H and O–H groups in total. The summed E-state index contributed by atoms with van der Waals surface area (Å²) < 4.78 is 5.29. The van der Waals surface area contributed by atoms with E-state index < -0.39 is 36.3 Å². The van der Waals surface area contributed by atoms with E-state index in [2.05, 4.69) is 16.6 Å². The molecule has 4 atom stereocenters. The molecule has 2 fully saturated rings. The summed E-state index contributed by atoms with van der Waals surface area (Å²) in [5.41, 5.74) is 0.533. The SMILES string of the molecule is C#Cc1ccc(C(C(=O)NC2CCCCC2)N(C(=O)C(CO)NC(=O)OC(C)(C)C)C2CC2C)cc1. The second kappa shape index (κ2) is 11.8. The van der Waals surface area contributed by atoms with Gasteiger partial charge >= 0.3 is 6.09 Å². The molecule has 8 heteroatoms. The number of nitrogens with zero attached hydrogens (tertiary/aromatic N) is 1. The Morgan fingerprint density at radius 1 is 1.17 bits per heavy atom. The van der Waals surface area contributed by atoms with Crippen molar-refractivity contribution >= 4 is 17.9 Å². The third-order valence-corrected chi connectivity index (χ3v) is 6.72. The number of ether oxygens (including phenoxy) is 1. The van der Waals surface area contributed by atoms with Crippen LogP contribution >= 0.6 is 0 Å². The van der Waals surface area contributed by atoms with Gasteiger partial charge in [-0.3, -0.25) is 9.59 Å². The quantitative estimate of drug-likeness (QED) is 0.478.